The minimum atomic E-state index is -4.29. The summed E-state index contributed by atoms with van der Waals surface area (Å²) >= 11 is 0. The predicted molar refractivity (Wildman–Crippen MR) is 56.1 cm³/mol. The van der Waals surface area contributed by atoms with Crippen molar-refractivity contribution in [3.8, 4) is 0 Å². The van der Waals surface area contributed by atoms with Crippen LogP contribution in [0.2, 0.25) is 0 Å². The van der Waals surface area contributed by atoms with Crippen molar-refractivity contribution in [3.63, 3.8) is 0 Å². The number of nitrogens with zero attached hydrogens (tertiary/aromatic N) is 1. The van der Waals surface area contributed by atoms with Gasteiger partial charge in [-0.15, -0.1) is 0 Å². The summed E-state index contributed by atoms with van der Waals surface area (Å²) in [5.41, 5.74) is -0.0267. The van der Waals surface area contributed by atoms with Crippen LogP contribution in [0.1, 0.15) is 18.9 Å². The van der Waals surface area contributed by atoms with Gasteiger partial charge in [0.05, 0.1) is 18.4 Å². The molecule has 0 unspecified atom stereocenters. The number of hydrogen-bond acceptors (Lipinski definition) is 2. The van der Waals surface area contributed by atoms with Crippen LogP contribution in [-0.4, -0.2) is 13.7 Å². The van der Waals surface area contributed by atoms with E-state index in [1.165, 1.54) is 19.2 Å². The Balaban J connectivity index is 2.85. The van der Waals surface area contributed by atoms with Gasteiger partial charge in [-0.1, -0.05) is 6.92 Å². The number of halogens is 3. The van der Waals surface area contributed by atoms with Gasteiger partial charge in [-0.2, -0.15) is 13.2 Å². The van der Waals surface area contributed by atoms with E-state index >= 15 is 0 Å². The lowest BCUT2D eigenvalue weighted by atomic mass is 10.2. The third kappa shape index (κ3) is 3.13. The van der Waals surface area contributed by atoms with Gasteiger partial charge >= 0.3 is 6.18 Å². The monoisotopic (exact) mass is 233 g/mol. The Hall–Kier alpha value is -1.23. The van der Waals surface area contributed by atoms with Gasteiger partial charge in [0.2, 0.25) is 0 Å². The van der Waals surface area contributed by atoms with Crippen LogP contribution in [0.15, 0.2) is 24.3 Å². The van der Waals surface area contributed by atoms with E-state index in [9.17, 15) is 13.2 Å². The van der Waals surface area contributed by atoms with E-state index in [-0.39, 0.29) is 0 Å². The second kappa shape index (κ2) is 5.21. The lowest BCUT2D eigenvalue weighted by molar-refractivity contribution is -0.137. The van der Waals surface area contributed by atoms with E-state index in [0.29, 0.717) is 12.2 Å². The summed E-state index contributed by atoms with van der Waals surface area (Å²) in [6.07, 6.45) is -3.43. The molecule has 5 heteroatoms. The van der Waals surface area contributed by atoms with Crippen LogP contribution in [0.4, 0.5) is 18.9 Å². The van der Waals surface area contributed by atoms with E-state index < -0.39 is 11.7 Å². The summed E-state index contributed by atoms with van der Waals surface area (Å²) in [5.74, 6) is 0. The normalized spacial score (nSPS) is 11.6. The first kappa shape index (κ1) is 12.8. The minimum Gasteiger partial charge on any atom is -0.277 e. The zero-order valence-corrected chi connectivity index (χ0v) is 9.21. The number of benzene rings is 1. The summed E-state index contributed by atoms with van der Waals surface area (Å²) in [5, 5.41) is 1.56. The minimum absolute atomic E-state index is 0.623. The van der Waals surface area contributed by atoms with Crippen LogP contribution in [0, 0.1) is 0 Å². The fraction of sp³-hybridized carbons (Fsp3) is 0.455. The second-order valence-corrected chi connectivity index (χ2v) is 3.33. The first-order valence-electron chi connectivity index (χ1n) is 4.98. The Morgan fingerprint density at radius 1 is 1.19 bits per heavy atom. The van der Waals surface area contributed by atoms with Crippen molar-refractivity contribution in [1.29, 1.82) is 0 Å². The van der Waals surface area contributed by atoms with Crippen LogP contribution >= 0.6 is 0 Å². The molecule has 0 aliphatic heterocycles. The quantitative estimate of drug-likeness (QED) is 0.738. The molecule has 1 aromatic rings. The fourth-order valence-electron chi connectivity index (χ4n) is 1.35. The van der Waals surface area contributed by atoms with Gasteiger partial charge in [-0.25, -0.2) is 0 Å². The van der Waals surface area contributed by atoms with Gasteiger partial charge in [0.1, 0.15) is 0 Å². The molecule has 1 rings (SSSR count). The zero-order chi connectivity index (χ0) is 12.2. The Bertz CT molecular complexity index is 321. The molecule has 1 aromatic carbocycles. The summed E-state index contributed by atoms with van der Waals surface area (Å²) in [6.45, 7) is 2.61. The van der Waals surface area contributed by atoms with Crippen molar-refractivity contribution < 1.29 is 18.0 Å². The molecule has 0 atom stereocenters. The van der Waals surface area contributed by atoms with E-state index in [1.807, 2.05) is 6.92 Å². The first-order chi connectivity index (χ1) is 7.49. The van der Waals surface area contributed by atoms with E-state index in [0.717, 1.165) is 18.6 Å². The first-order valence-corrected chi connectivity index (χ1v) is 4.98. The summed E-state index contributed by atoms with van der Waals surface area (Å²) in [7, 11) is 1.49. The molecule has 0 aliphatic rings. The van der Waals surface area contributed by atoms with Crippen molar-refractivity contribution in [3.05, 3.63) is 29.8 Å². The fourth-order valence-corrected chi connectivity index (χ4v) is 1.35. The van der Waals surface area contributed by atoms with Crippen molar-refractivity contribution in [2.75, 3.05) is 18.7 Å². The van der Waals surface area contributed by atoms with Crippen molar-refractivity contribution >= 4 is 5.69 Å². The van der Waals surface area contributed by atoms with Crippen LogP contribution in [0.25, 0.3) is 0 Å². The molecule has 0 saturated heterocycles. The number of rotatable bonds is 4. The molecule has 0 bridgehead atoms. The summed E-state index contributed by atoms with van der Waals surface area (Å²) in [6, 6.07) is 4.91. The molecule has 0 heterocycles. The standard InChI is InChI=1S/C11H14F3NO/c1-3-8-15(16-2)10-6-4-9(5-7-10)11(12,13)14/h4-7H,3,8H2,1-2H3. The Labute approximate surface area is 92.6 Å². The number of anilines is 1. The van der Waals surface area contributed by atoms with Crippen LogP contribution < -0.4 is 5.06 Å². The maximum Gasteiger partial charge on any atom is 0.416 e. The lowest BCUT2D eigenvalue weighted by Crippen LogP contribution is -2.22. The van der Waals surface area contributed by atoms with Gasteiger partial charge in [-0.3, -0.25) is 9.90 Å². The molecule has 0 N–H and O–H groups in total. The number of hydrogen-bond donors (Lipinski definition) is 0. The predicted octanol–water partition coefficient (Wildman–Crippen LogP) is 3.48. The molecular weight excluding hydrogens is 219 g/mol. The molecule has 0 aliphatic carbocycles. The highest BCUT2D eigenvalue weighted by Gasteiger charge is 2.30. The average Bonchev–Trinajstić information content (AvgIpc) is 2.25. The highest BCUT2D eigenvalue weighted by Crippen LogP contribution is 2.30. The number of hydroxylamine groups is 1. The molecule has 2 nitrogen and oxygen atoms in total. The van der Waals surface area contributed by atoms with Crippen LogP contribution in [0.5, 0.6) is 0 Å². The lowest BCUT2D eigenvalue weighted by Gasteiger charge is -2.21. The summed E-state index contributed by atoms with van der Waals surface area (Å²) < 4.78 is 36.9. The zero-order valence-electron chi connectivity index (χ0n) is 9.21. The van der Waals surface area contributed by atoms with Crippen molar-refractivity contribution in [2.24, 2.45) is 0 Å². The van der Waals surface area contributed by atoms with Gasteiger partial charge in [0, 0.05) is 6.54 Å². The Morgan fingerprint density at radius 2 is 1.75 bits per heavy atom. The van der Waals surface area contributed by atoms with E-state index in [4.69, 9.17) is 4.84 Å². The third-order valence-corrected chi connectivity index (χ3v) is 2.13. The van der Waals surface area contributed by atoms with Gasteiger partial charge in [0.15, 0.2) is 0 Å². The smallest absolute Gasteiger partial charge is 0.277 e. The largest absolute Gasteiger partial charge is 0.416 e. The molecule has 0 radical (unpaired) electrons. The molecular formula is C11H14F3NO. The van der Waals surface area contributed by atoms with Gasteiger partial charge < -0.3 is 0 Å². The molecule has 0 fully saturated rings. The third-order valence-electron chi connectivity index (χ3n) is 2.13. The Morgan fingerprint density at radius 3 is 2.12 bits per heavy atom. The molecule has 0 aromatic heterocycles. The maximum absolute atomic E-state index is 12.3. The van der Waals surface area contributed by atoms with Crippen molar-refractivity contribution in [2.45, 2.75) is 19.5 Å². The summed E-state index contributed by atoms with van der Waals surface area (Å²) in [4.78, 5) is 5.05. The SMILES string of the molecule is CCCN(OC)c1ccc(C(F)(F)F)cc1. The van der Waals surface area contributed by atoms with Crippen LogP contribution in [0.3, 0.4) is 0 Å². The molecule has 0 amide bonds. The topological polar surface area (TPSA) is 12.5 Å². The van der Waals surface area contributed by atoms with Crippen LogP contribution in [-0.2, 0) is 11.0 Å². The van der Waals surface area contributed by atoms with Gasteiger partial charge in [-0.05, 0) is 30.7 Å². The molecule has 0 spiro atoms. The molecule has 0 saturated carbocycles. The molecule has 16 heavy (non-hydrogen) atoms. The highest BCUT2D eigenvalue weighted by atomic mass is 19.4. The average molecular weight is 233 g/mol. The number of alkyl halides is 3. The Kier molecular flexibility index (Phi) is 4.18. The highest BCUT2D eigenvalue weighted by molar-refractivity contribution is 5.45. The van der Waals surface area contributed by atoms with E-state index in [1.54, 1.807) is 5.06 Å². The second-order valence-electron chi connectivity index (χ2n) is 3.33. The van der Waals surface area contributed by atoms with Gasteiger partial charge in [0.25, 0.3) is 0 Å². The van der Waals surface area contributed by atoms with E-state index in [2.05, 4.69) is 0 Å². The van der Waals surface area contributed by atoms with Crippen molar-refractivity contribution in [1.82, 2.24) is 0 Å². The molecule has 90 valence electrons. The maximum atomic E-state index is 12.3.